The van der Waals surface area contributed by atoms with Crippen molar-refractivity contribution < 1.29 is 19.3 Å². The van der Waals surface area contributed by atoms with Crippen LogP contribution in [0.1, 0.15) is 41.1 Å². The van der Waals surface area contributed by atoms with Crippen molar-refractivity contribution in [3.8, 4) is 22.8 Å². The molecule has 1 aliphatic rings. The summed E-state index contributed by atoms with van der Waals surface area (Å²) < 4.78 is 22.2. The van der Waals surface area contributed by atoms with E-state index in [9.17, 15) is 5.11 Å². The van der Waals surface area contributed by atoms with Gasteiger partial charge in [-0.15, -0.1) is 0 Å². The Morgan fingerprint density at radius 2 is 1.48 bits per heavy atom. The predicted molar refractivity (Wildman–Crippen MR) is 210 cm³/mol. The van der Waals surface area contributed by atoms with E-state index in [-0.39, 0.29) is 12.0 Å². The minimum Gasteiger partial charge on any atom is -0.497 e. The van der Waals surface area contributed by atoms with Crippen LogP contribution in [0.15, 0.2) is 134 Å². The summed E-state index contributed by atoms with van der Waals surface area (Å²) in [6.07, 6.45) is 6.33. The fourth-order valence-corrected chi connectivity index (χ4v) is 7.91. The number of hydrogen-bond donors (Lipinski definition) is 2. The third-order valence-corrected chi connectivity index (χ3v) is 10.6. The highest BCUT2D eigenvalue weighted by molar-refractivity contribution is 6.00. The van der Waals surface area contributed by atoms with Gasteiger partial charge in [0, 0.05) is 55.1 Å². The van der Waals surface area contributed by atoms with Gasteiger partial charge in [0.2, 0.25) is 0 Å². The lowest BCUT2D eigenvalue weighted by Crippen LogP contribution is -2.35. The molecule has 10 nitrogen and oxygen atoms in total. The topological polar surface area (TPSA) is 108 Å². The lowest BCUT2D eigenvalue weighted by atomic mass is 9.80. The summed E-state index contributed by atoms with van der Waals surface area (Å²) in [5.41, 5.74) is 5.71. The Hall–Kier alpha value is -5.97. The molecule has 4 aromatic carbocycles. The van der Waals surface area contributed by atoms with Crippen LogP contribution >= 0.6 is 0 Å². The van der Waals surface area contributed by atoms with Crippen molar-refractivity contribution in [3.63, 3.8) is 0 Å². The first-order chi connectivity index (χ1) is 26.5. The number of anilines is 1. The minimum absolute atomic E-state index is 0.0300. The van der Waals surface area contributed by atoms with Gasteiger partial charge in [-0.05, 0) is 47.7 Å². The van der Waals surface area contributed by atoms with Crippen LogP contribution in [0.5, 0.6) is 11.5 Å². The number of aliphatic hydroxyl groups excluding tert-OH is 1. The zero-order valence-electron chi connectivity index (χ0n) is 30.7. The second-order valence-electron chi connectivity index (χ2n) is 13.8. The summed E-state index contributed by atoms with van der Waals surface area (Å²) in [6.45, 7) is 0.827. The fraction of sp³-hybridized carbons (Fsp3) is 0.250. The summed E-state index contributed by atoms with van der Waals surface area (Å²) in [5, 5.41) is 20.9. The molecule has 10 heteroatoms. The van der Waals surface area contributed by atoms with E-state index >= 15 is 0 Å². The lowest BCUT2D eigenvalue weighted by Gasteiger charge is -2.37. The van der Waals surface area contributed by atoms with Gasteiger partial charge in [-0.2, -0.15) is 5.10 Å². The van der Waals surface area contributed by atoms with Gasteiger partial charge < -0.3 is 29.2 Å². The summed E-state index contributed by atoms with van der Waals surface area (Å²) >= 11 is 0. The van der Waals surface area contributed by atoms with E-state index < -0.39 is 11.7 Å². The van der Waals surface area contributed by atoms with E-state index in [1.807, 2.05) is 55.7 Å². The van der Waals surface area contributed by atoms with Gasteiger partial charge in [-0.1, -0.05) is 91.0 Å². The molecule has 1 fully saturated rings. The predicted octanol–water partition coefficient (Wildman–Crippen LogP) is 7.78. The SMILES string of the molecule is COc1ccc(CNc2ncnc3c2c(-c2ccn(C)n2)cn3[C@@H]2C[C@H](COC(c3ccccc3)(c3ccccc3)c3ccccc3)[C@@H](O)C2)c(OC)c1. The Balaban J connectivity index is 1.12. The number of methoxy groups -OCH3 is 2. The number of nitrogens with one attached hydrogen (secondary N) is 1. The first-order valence-corrected chi connectivity index (χ1v) is 18.3. The second kappa shape index (κ2) is 15.2. The van der Waals surface area contributed by atoms with Crippen molar-refractivity contribution >= 4 is 16.9 Å². The first-order valence-electron chi connectivity index (χ1n) is 18.3. The molecule has 0 bridgehead atoms. The lowest BCUT2D eigenvalue weighted by molar-refractivity contribution is -0.0296. The summed E-state index contributed by atoms with van der Waals surface area (Å²) in [5.74, 6) is 2.01. The molecule has 274 valence electrons. The molecule has 54 heavy (non-hydrogen) atoms. The fourth-order valence-electron chi connectivity index (χ4n) is 7.91. The molecule has 8 rings (SSSR count). The van der Waals surface area contributed by atoms with Crippen molar-refractivity contribution in [2.45, 2.75) is 37.1 Å². The largest absolute Gasteiger partial charge is 0.497 e. The van der Waals surface area contributed by atoms with Crippen molar-refractivity contribution in [1.29, 1.82) is 0 Å². The number of ether oxygens (including phenoxy) is 3. The van der Waals surface area contributed by atoms with Crippen LogP contribution in [-0.4, -0.2) is 56.4 Å². The zero-order chi connectivity index (χ0) is 37.1. The van der Waals surface area contributed by atoms with Crippen LogP contribution in [0.2, 0.25) is 0 Å². The second-order valence-corrected chi connectivity index (χ2v) is 13.8. The molecule has 0 aliphatic heterocycles. The highest BCUT2D eigenvalue weighted by atomic mass is 16.5. The molecule has 3 atom stereocenters. The highest BCUT2D eigenvalue weighted by Crippen LogP contribution is 2.45. The molecule has 0 saturated heterocycles. The van der Waals surface area contributed by atoms with Gasteiger partial charge in [0.05, 0.1) is 38.0 Å². The standard InChI is InChI=1S/C44H44N6O4/c1-49-22-21-38(48-49)37-27-50(43-41(37)42(46-29-47-43)45-26-30-19-20-36(52-2)25-40(30)53-3)35-23-31(39(51)24-35)28-54-44(32-13-7-4-8-14-32,33-15-9-5-10-16-33)34-17-11-6-12-18-34/h4-22,25,27,29,31,35,39,51H,23-24,26,28H2,1-3H3,(H,45,46,47)/t31-,35-,39+/m1/s1. The van der Waals surface area contributed by atoms with Crippen molar-refractivity contribution in [3.05, 3.63) is 156 Å². The molecule has 0 unspecified atom stereocenters. The number of aliphatic hydroxyl groups is 1. The average molecular weight is 721 g/mol. The Kier molecular flexibility index (Phi) is 9.86. The number of rotatable bonds is 13. The third kappa shape index (κ3) is 6.59. The van der Waals surface area contributed by atoms with Crippen LogP contribution in [0, 0.1) is 5.92 Å². The molecule has 1 aliphatic carbocycles. The maximum Gasteiger partial charge on any atom is 0.146 e. The minimum atomic E-state index is -0.867. The maximum absolute atomic E-state index is 11.7. The van der Waals surface area contributed by atoms with E-state index in [4.69, 9.17) is 29.3 Å². The van der Waals surface area contributed by atoms with Crippen LogP contribution in [0.25, 0.3) is 22.3 Å². The molecule has 7 aromatic rings. The number of benzene rings is 4. The van der Waals surface area contributed by atoms with Crippen molar-refractivity contribution in [2.24, 2.45) is 13.0 Å². The molecule has 0 radical (unpaired) electrons. The number of hydrogen-bond acceptors (Lipinski definition) is 8. The van der Waals surface area contributed by atoms with Crippen LogP contribution < -0.4 is 14.8 Å². The van der Waals surface area contributed by atoms with Gasteiger partial charge in [0.25, 0.3) is 0 Å². The Bertz CT molecular complexity index is 2230. The van der Waals surface area contributed by atoms with E-state index in [1.165, 1.54) is 0 Å². The Morgan fingerprint density at radius 3 is 2.07 bits per heavy atom. The summed E-state index contributed by atoms with van der Waals surface area (Å²) in [4.78, 5) is 9.54. The third-order valence-electron chi connectivity index (χ3n) is 10.6. The molecule has 3 heterocycles. The highest BCUT2D eigenvalue weighted by Gasteiger charge is 2.41. The zero-order valence-corrected chi connectivity index (χ0v) is 30.7. The van der Waals surface area contributed by atoms with Gasteiger partial charge >= 0.3 is 0 Å². The molecular weight excluding hydrogens is 677 g/mol. The molecular formula is C44H44N6O4. The smallest absolute Gasteiger partial charge is 0.146 e. The normalized spacial score (nSPS) is 17.1. The van der Waals surface area contributed by atoms with E-state index in [1.54, 1.807) is 25.2 Å². The van der Waals surface area contributed by atoms with Gasteiger partial charge in [-0.25, -0.2) is 9.97 Å². The molecule has 2 N–H and O–H groups in total. The maximum atomic E-state index is 11.7. The van der Waals surface area contributed by atoms with E-state index in [0.29, 0.717) is 31.8 Å². The van der Waals surface area contributed by atoms with Gasteiger partial charge in [0.15, 0.2) is 0 Å². The summed E-state index contributed by atoms with van der Waals surface area (Å²) in [6, 6.07) is 38.8. The van der Waals surface area contributed by atoms with Crippen molar-refractivity contribution in [2.75, 3.05) is 26.1 Å². The average Bonchev–Trinajstić information content (AvgIpc) is 3.94. The van der Waals surface area contributed by atoms with E-state index in [2.05, 4.69) is 88.9 Å². The van der Waals surface area contributed by atoms with Crippen molar-refractivity contribution in [1.82, 2.24) is 24.3 Å². The van der Waals surface area contributed by atoms with Crippen LogP contribution in [0.4, 0.5) is 5.82 Å². The quantitative estimate of drug-likeness (QED) is 0.116. The molecule has 0 spiro atoms. The van der Waals surface area contributed by atoms with Crippen LogP contribution in [0.3, 0.4) is 0 Å². The summed E-state index contributed by atoms with van der Waals surface area (Å²) in [7, 11) is 5.20. The van der Waals surface area contributed by atoms with Gasteiger partial charge in [-0.3, -0.25) is 4.68 Å². The first kappa shape index (κ1) is 35.1. The Morgan fingerprint density at radius 1 is 0.815 bits per heavy atom. The number of fused-ring (bicyclic) bond motifs is 1. The number of aromatic nitrogens is 5. The molecule has 3 aromatic heterocycles. The van der Waals surface area contributed by atoms with Crippen LogP contribution in [-0.2, 0) is 23.9 Å². The molecule has 0 amide bonds. The molecule has 1 saturated carbocycles. The number of aryl methyl sites for hydroxylation is 1. The van der Waals surface area contributed by atoms with E-state index in [0.717, 1.165) is 56.0 Å². The monoisotopic (exact) mass is 720 g/mol. The number of nitrogens with zero attached hydrogens (tertiary/aromatic N) is 5. The Labute approximate surface area is 315 Å². The van der Waals surface area contributed by atoms with Gasteiger partial charge in [0.1, 0.15) is 34.9 Å².